The Labute approximate surface area is 89.7 Å². The van der Waals surface area contributed by atoms with Gasteiger partial charge in [-0.15, -0.1) is 0 Å². The lowest BCUT2D eigenvalue weighted by Gasteiger charge is -2.22. The molecule has 0 heterocycles. The largest absolute Gasteiger partial charge is 0.394 e. The van der Waals surface area contributed by atoms with E-state index in [0.717, 1.165) is 0 Å². The van der Waals surface area contributed by atoms with Gasteiger partial charge < -0.3 is 15.5 Å². The minimum Gasteiger partial charge on any atom is -0.394 e. The Bertz CT molecular complexity index is 244. The van der Waals surface area contributed by atoms with Crippen molar-refractivity contribution in [1.29, 1.82) is 5.26 Å². The van der Waals surface area contributed by atoms with Crippen LogP contribution in [0.3, 0.4) is 0 Å². The second-order valence-corrected chi connectivity index (χ2v) is 3.45. The van der Waals surface area contributed by atoms with Gasteiger partial charge in [-0.05, 0) is 12.8 Å². The number of aliphatic hydroxyl groups is 2. The van der Waals surface area contributed by atoms with Crippen LogP contribution in [-0.4, -0.2) is 35.4 Å². The molecule has 0 bridgehead atoms. The maximum Gasteiger partial charge on any atom is 0.240 e. The quantitative estimate of drug-likeness (QED) is 0.570. The van der Waals surface area contributed by atoms with Gasteiger partial charge in [-0.25, -0.2) is 0 Å². The highest BCUT2D eigenvalue weighted by Crippen LogP contribution is 2.25. The molecule has 0 aliphatic carbocycles. The van der Waals surface area contributed by atoms with E-state index >= 15 is 0 Å². The third kappa shape index (κ3) is 3.50. The third-order valence-corrected chi connectivity index (χ3v) is 2.56. The molecule has 0 rings (SSSR count). The average Bonchev–Trinajstić information content (AvgIpc) is 2.28. The van der Waals surface area contributed by atoms with Gasteiger partial charge in [0.25, 0.3) is 0 Å². The van der Waals surface area contributed by atoms with Gasteiger partial charge in [0.1, 0.15) is 5.41 Å². The highest BCUT2D eigenvalue weighted by molar-refractivity contribution is 5.85. The zero-order valence-corrected chi connectivity index (χ0v) is 9.16. The monoisotopic (exact) mass is 214 g/mol. The highest BCUT2D eigenvalue weighted by atomic mass is 16.3. The molecule has 0 aromatic heterocycles. The number of carbonyl (C=O) groups excluding carboxylic acids is 1. The number of nitrogens with one attached hydrogen (secondary N) is 1. The Morgan fingerprint density at radius 2 is 2.07 bits per heavy atom. The highest BCUT2D eigenvalue weighted by Gasteiger charge is 2.34. The van der Waals surface area contributed by atoms with Crippen molar-refractivity contribution in [3.63, 3.8) is 0 Å². The summed E-state index contributed by atoms with van der Waals surface area (Å²) in [6.45, 7) is 3.11. The van der Waals surface area contributed by atoms with E-state index in [1.807, 2.05) is 6.07 Å². The lowest BCUT2D eigenvalue weighted by atomic mass is 9.83. The van der Waals surface area contributed by atoms with Crippen LogP contribution < -0.4 is 5.32 Å². The van der Waals surface area contributed by atoms with Crippen LogP contribution >= 0.6 is 0 Å². The summed E-state index contributed by atoms with van der Waals surface area (Å²) in [6.07, 6.45) is -0.110. The number of carbonyl (C=O) groups is 1. The SMILES string of the molecule is CCC(C#N)(CC)C(=O)NCC(O)CO. The van der Waals surface area contributed by atoms with Gasteiger partial charge in [0.05, 0.1) is 18.8 Å². The van der Waals surface area contributed by atoms with Crippen LogP contribution in [0.4, 0.5) is 0 Å². The second-order valence-electron chi connectivity index (χ2n) is 3.45. The number of aliphatic hydroxyl groups excluding tert-OH is 2. The minimum atomic E-state index is -1.02. The maximum absolute atomic E-state index is 11.7. The lowest BCUT2D eigenvalue weighted by Crippen LogP contribution is -2.43. The summed E-state index contributed by atoms with van der Waals surface area (Å²) in [5.74, 6) is -0.387. The van der Waals surface area contributed by atoms with Crippen LogP contribution in [0, 0.1) is 16.7 Å². The van der Waals surface area contributed by atoms with Crippen LogP contribution in [0.2, 0.25) is 0 Å². The van der Waals surface area contributed by atoms with E-state index in [4.69, 9.17) is 15.5 Å². The summed E-state index contributed by atoms with van der Waals surface area (Å²) < 4.78 is 0. The smallest absolute Gasteiger partial charge is 0.240 e. The van der Waals surface area contributed by atoms with E-state index < -0.39 is 18.1 Å². The molecule has 15 heavy (non-hydrogen) atoms. The molecule has 0 aromatic carbocycles. The lowest BCUT2D eigenvalue weighted by molar-refractivity contribution is -0.129. The van der Waals surface area contributed by atoms with E-state index in [-0.39, 0.29) is 12.5 Å². The van der Waals surface area contributed by atoms with Gasteiger partial charge in [-0.3, -0.25) is 4.79 Å². The molecule has 1 unspecified atom stereocenters. The van der Waals surface area contributed by atoms with Crippen molar-refractivity contribution in [2.75, 3.05) is 13.2 Å². The number of nitrogens with zero attached hydrogens (tertiary/aromatic N) is 1. The van der Waals surface area contributed by atoms with E-state index in [1.54, 1.807) is 13.8 Å². The molecule has 0 saturated carbocycles. The summed E-state index contributed by atoms with van der Waals surface area (Å²) in [4.78, 5) is 11.7. The molecule has 1 amide bonds. The average molecular weight is 214 g/mol. The van der Waals surface area contributed by atoms with Crippen molar-refractivity contribution < 1.29 is 15.0 Å². The topological polar surface area (TPSA) is 93.4 Å². The molecule has 0 saturated heterocycles. The Hall–Kier alpha value is -1.12. The predicted molar refractivity (Wildman–Crippen MR) is 54.7 cm³/mol. The van der Waals surface area contributed by atoms with Gasteiger partial charge >= 0.3 is 0 Å². The minimum absolute atomic E-state index is 0.0290. The van der Waals surface area contributed by atoms with Crippen molar-refractivity contribution in [2.45, 2.75) is 32.8 Å². The van der Waals surface area contributed by atoms with E-state index in [1.165, 1.54) is 0 Å². The summed E-state index contributed by atoms with van der Waals surface area (Å²) in [7, 11) is 0. The first kappa shape index (κ1) is 13.9. The molecule has 0 spiro atoms. The van der Waals surface area contributed by atoms with Crippen LogP contribution in [0.5, 0.6) is 0 Å². The zero-order valence-electron chi connectivity index (χ0n) is 9.16. The number of hydrogen-bond donors (Lipinski definition) is 3. The molecule has 86 valence electrons. The van der Waals surface area contributed by atoms with Gasteiger partial charge in [-0.2, -0.15) is 5.26 Å². The standard InChI is InChI=1S/C10H18N2O3/c1-3-10(4-2,7-11)9(15)12-5-8(14)6-13/h8,13-14H,3-6H2,1-2H3,(H,12,15). The van der Waals surface area contributed by atoms with Crippen LogP contribution in [0.15, 0.2) is 0 Å². The van der Waals surface area contributed by atoms with E-state index in [2.05, 4.69) is 5.32 Å². The molecule has 0 aromatic rings. The molecule has 3 N–H and O–H groups in total. The maximum atomic E-state index is 11.7. The summed E-state index contributed by atoms with van der Waals surface area (Å²) in [5.41, 5.74) is -1.02. The van der Waals surface area contributed by atoms with Crippen LogP contribution in [0.25, 0.3) is 0 Å². The van der Waals surface area contributed by atoms with Crippen molar-refractivity contribution in [2.24, 2.45) is 5.41 Å². The number of hydrogen-bond acceptors (Lipinski definition) is 4. The molecule has 0 aliphatic heterocycles. The fraction of sp³-hybridized carbons (Fsp3) is 0.800. The molecule has 1 atom stereocenters. The predicted octanol–water partition coefficient (Wildman–Crippen LogP) is -0.214. The molecule has 0 radical (unpaired) electrons. The van der Waals surface area contributed by atoms with Crippen molar-refractivity contribution in [1.82, 2.24) is 5.32 Å². The molecule has 5 nitrogen and oxygen atoms in total. The Balaban J connectivity index is 4.36. The van der Waals surface area contributed by atoms with E-state index in [9.17, 15) is 4.79 Å². The Kier molecular flexibility index (Phi) is 5.90. The first-order chi connectivity index (χ1) is 7.06. The fourth-order valence-electron chi connectivity index (χ4n) is 1.22. The van der Waals surface area contributed by atoms with Crippen molar-refractivity contribution >= 4 is 5.91 Å². The summed E-state index contributed by atoms with van der Waals surface area (Å²) >= 11 is 0. The summed E-state index contributed by atoms with van der Waals surface area (Å²) in [5, 5.41) is 29.0. The van der Waals surface area contributed by atoms with Crippen LogP contribution in [-0.2, 0) is 4.79 Å². The first-order valence-corrected chi connectivity index (χ1v) is 5.04. The van der Waals surface area contributed by atoms with Gasteiger partial charge in [0.15, 0.2) is 0 Å². The number of amides is 1. The zero-order chi connectivity index (χ0) is 11.9. The normalized spacial score (nSPS) is 13.0. The number of nitriles is 1. The molecular formula is C10H18N2O3. The molecule has 0 aliphatic rings. The van der Waals surface area contributed by atoms with Gasteiger partial charge in [-0.1, -0.05) is 13.8 Å². The fourth-order valence-corrected chi connectivity index (χ4v) is 1.22. The molecule has 5 heteroatoms. The second kappa shape index (κ2) is 6.38. The summed E-state index contributed by atoms with van der Waals surface area (Å²) in [6, 6.07) is 2.00. The third-order valence-electron chi connectivity index (χ3n) is 2.56. The molecule has 0 fully saturated rings. The van der Waals surface area contributed by atoms with Crippen LogP contribution in [0.1, 0.15) is 26.7 Å². The molecular weight excluding hydrogens is 196 g/mol. The van der Waals surface area contributed by atoms with Crippen molar-refractivity contribution in [3.8, 4) is 6.07 Å². The van der Waals surface area contributed by atoms with Gasteiger partial charge in [0.2, 0.25) is 5.91 Å². The van der Waals surface area contributed by atoms with Crippen molar-refractivity contribution in [3.05, 3.63) is 0 Å². The van der Waals surface area contributed by atoms with Gasteiger partial charge in [0, 0.05) is 6.54 Å². The number of rotatable bonds is 6. The van der Waals surface area contributed by atoms with E-state index in [0.29, 0.717) is 12.8 Å². The first-order valence-electron chi connectivity index (χ1n) is 5.04. The Morgan fingerprint density at radius 3 is 2.40 bits per heavy atom. The Morgan fingerprint density at radius 1 is 1.53 bits per heavy atom.